The molecule has 0 aromatic heterocycles. The van der Waals surface area contributed by atoms with Gasteiger partial charge < -0.3 is 25.8 Å². The minimum absolute atomic E-state index is 0.0205. The van der Waals surface area contributed by atoms with Crippen LogP contribution in [0.3, 0.4) is 0 Å². The Morgan fingerprint density at radius 2 is 2.05 bits per heavy atom. The quantitative estimate of drug-likeness (QED) is 0.693. The van der Waals surface area contributed by atoms with Gasteiger partial charge in [0.2, 0.25) is 18.6 Å². The highest BCUT2D eigenvalue weighted by atomic mass is 16.7. The molecule has 0 spiro atoms. The van der Waals surface area contributed by atoms with Crippen molar-refractivity contribution in [3.05, 3.63) is 23.8 Å². The minimum atomic E-state index is -0.615. The van der Waals surface area contributed by atoms with E-state index in [0.717, 1.165) is 5.56 Å². The largest absolute Gasteiger partial charge is 0.454 e. The average molecular weight is 307 g/mol. The molecule has 1 aromatic rings. The Bertz CT molecular complexity index is 560. The second kappa shape index (κ2) is 7.13. The molecule has 1 heterocycles. The van der Waals surface area contributed by atoms with Gasteiger partial charge in [-0.3, -0.25) is 9.59 Å². The predicted octanol–water partition coefficient (Wildman–Crippen LogP) is 0.131. The molecule has 1 aromatic carbocycles. The van der Waals surface area contributed by atoms with E-state index >= 15 is 0 Å². The van der Waals surface area contributed by atoms with Crippen molar-refractivity contribution in [2.45, 2.75) is 26.4 Å². The van der Waals surface area contributed by atoms with Crippen molar-refractivity contribution in [2.24, 2.45) is 11.7 Å². The molecule has 1 atom stereocenters. The summed E-state index contributed by atoms with van der Waals surface area (Å²) in [6.45, 7) is 4.08. The van der Waals surface area contributed by atoms with Crippen molar-refractivity contribution in [3.63, 3.8) is 0 Å². The van der Waals surface area contributed by atoms with Crippen LogP contribution in [0, 0.1) is 5.92 Å². The number of hydrogen-bond donors (Lipinski definition) is 3. The Hall–Kier alpha value is -2.28. The maximum atomic E-state index is 11.8. The van der Waals surface area contributed by atoms with Crippen molar-refractivity contribution in [1.82, 2.24) is 10.6 Å². The van der Waals surface area contributed by atoms with Gasteiger partial charge >= 0.3 is 0 Å². The second-order valence-corrected chi connectivity index (χ2v) is 5.42. The molecule has 0 fully saturated rings. The van der Waals surface area contributed by atoms with Crippen LogP contribution < -0.4 is 25.8 Å². The lowest BCUT2D eigenvalue weighted by atomic mass is 10.1. The molecule has 1 aliphatic rings. The summed E-state index contributed by atoms with van der Waals surface area (Å²) in [5, 5.41) is 5.24. The molecule has 0 saturated carbocycles. The second-order valence-electron chi connectivity index (χ2n) is 5.42. The summed E-state index contributed by atoms with van der Waals surface area (Å²) in [5.41, 5.74) is 6.53. The summed E-state index contributed by atoms with van der Waals surface area (Å²) in [6, 6.07) is 4.87. The smallest absolute Gasteiger partial charge is 0.239 e. The zero-order valence-electron chi connectivity index (χ0n) is 12.7. The van der Waals surface area contributed by atoms with Gasteiger partial charge in [0.1, 0.15) is 0 Å². The number of carbonyl (C=O) groups is 2. The molecule has 120 valence electrons. The van der Waals surface area contributed by atoms with Crippen LogP contribution in [-0.4, -0.2) is 31.2 Å². The maximum absolute atomic E-state index is 11.8. The predicted molar refractivity (Wildman–Crippen MR) is 80.2 cm³/mol. The van der Waals surface area contributed by atoms with E-state index in [1.807, 2.05) is 26.0 Å². The fourth-order valence-corrected chi connectivity index (χ4v) is 1.97. The minimum Gasteiger partial charge on any atom is -0.454 e. The number of benzene rings is 1. The molecule has 22 heavy (non-hydrogen) atoms. The standard InChI is InChI=1S/C15H21N3O4/c1-9(2)13(16)15(20)18-7-12(19)17-6-10-4-3-5-11-14(10)22-8-21-11/h3-5,9,13H,6-8,16H2,1-2H3,(H,17,19)(H,18,20)/t13-/m0/s1. The molecule has 1 aliphatic heterocycles. The van der Waals surface area contributed by atoms with Crippen LogP contribution in [0.25, 0.3) is 0 Å². The highest BCUT2D eigenvalue weighted by molar-refractivity contribution is 5.87. The molecule has 0 unspecified atom stereocenters. The monoisotopic (exact) mass is 307 g/mol. The van der Waals surface area contributed by atoms with Crippen LogP contribution in [0.1, 0.15) is 19.4 Å². The van der Waals surface area contributed by atoms with Gasteiger partial charge in [-0.05, 0) is 12.0 Å². The highest BCUT2D eigenvalue weighted by Crippen LogP contribution is 2.35. The summed E-state index contributed by atoms with van der Waals surface area (Å²) in [4.78, 5) is 23.4. The molecule has 7 heteroatoms. The fourth-order valence-electron chi connectivity index (χ4n) is 1.97. The average Bonchev–Trinajstić information content (AvgIpc) is 2.98. The lowest BCUT2D eigenvalue weighted by molar-refractivity contribution is -0.127. The summed E-state index contributed by atoms with van der Waals surface area (Å²) in [5.74, 6) is 0.715. The number of ether oxygens (including phenoxy) is 2. The zero-order valence-corrected chi connectivity index (χ0v) is 12.7. The van der Waals surface area contributed by atoms with Crippen molar-refractivity contribution in [3.8, 4) is 11.5 Å². The summed E-state index contributed by atoms with van der Waals surface area (Å²) in [6.07, 6.45) is 0. The third-order valence-electron chi connectivity index (χ3n) is 3.40. The molecule has 4 N–H and O–H groups in total. The van der Waals surface area contributed by atoms with Gasteiger partial charge in [-0.25, -0.2) is 0 Å². The van der Waals surface area contributed by atoms with E-state index in [4.69, 9.17) is 15.2 Å². The molecule has 0 radical (unpaired) electrons. The van der Waals surface area contributed by atoms with Gasteiger partial charge in [0.05, 0.1) is 12.6 Å². The van der Waals surface area contributed by atoms with Gasteiger partial charge in [0, 0.05) is 12.1 Å². The van der Waals surface area contributed by atoms with Crippen LogP contribution in [0.5, 0.6) is 11.5 Å². The van der Waals surface area contributed by atoms with E-state index in [1.165, 1.54) is 0 Å². The van der Waals surface area contributed by atoms with Gasteiger partial charge in [-0.1, -0.05) is 26.0 Å². The van der Waals surface area contributed by atoms with E-state index in [-0.39, 0.29) is 31.1 Å². The SMILES string of the molecule is CC(C)[C@H](N)C(=O)NCC(=O)NCc1cccc2c1OCO2. The Kier molecular flexibility index (Phi) is 5.21. The molecule has 0 saturated heterocycles. The van der Waals surface area contributed by atoms with E-state index in [1.54, 1.807) is 6.07 Å². The van der Waals surface area contributed by atoms with Crippen LogP contribution in [0.15, 0.2) is 18.2 Å². The molecule has 2 amide bonds. The van der Waals surface area contributed by atoms with Crippen LogP contribution in [0.2, 0.25) is 0 Å². The lowest BCUT2D eigenvalue weighted by Crippen LogP contribution is -2.47. The normalized spacial score (nSPS) is 13.8. The first-order chi connectivity index (χ1) is 10.5. The van der Waals surface area contributed by atoms with Gasteiger partial charge in [0.15, 0.2) is 11.5 Å². The third kappa shape index (κ3) is 3.88. The van der Waals surface area contributed by atoms with E-state index in [9.17, 15) is 9.59 Å². The zero-order chi connectivity index (χ0) is 16.1. The molecular formula is C15H21N3O4. The Morgan fingerprint density at radius 3 is 2.77 bits per heavy atom. The molecule has 0 bridgehead atoms. The number of fused-ring (bicyclic) bond motifs is 1. The summed E-state index contributed by atoms with van der Waals surface area (Å²) in [7, 11) is 0. The van der Waals surface area contributed by atoms with E-state index in [0.29, 0.717) is 18.0 Å². The van der Waals surface area contributed by atoms with Gasteiger partial charge in [0.25, 0.3) is 0 Å². The first-order valence-corrected chi connectivity index (χ1v) is 7.16. The molecular weight excluding hydrogens is 286 g/mol. The van der Waals surface area contributed by atoms with Crippen molar-refractivity contribution in [1.29, 1.82) is 0 Å². The Labute approximate surface area is 129 Å². The van der Waals surface area contributed by atoms with Gasteiger partial charge in [-0.15, -0.1) is 0 Å². The number of hydrogen-bond acceptors (Lipinski definition) is 5. The van der Waals surface area contributed by atoms with Crippen molar-refractivity contribution in [2.75, 3.05) is 13.3 Å². The summed E-state index contributed by atoms with van der Waals surface area (Å²) < 4.78 is 10.6. The number of amides is 2. The van der Waals surface area contributed by atoms with Crippen LogP contribution in [0.4, 0.5) is 0 Å². The van der Waals surface area contributed by atoms with Crippen LogP contribution in [-0.2, 0) is 16.1 Å². The number of para-hydroxylation sites is 1. The Morgan fingerprint density at radius 1 is 1.27 bits per heavy atom. The number of nitrogens with one attached hydrogen (secondary N) is 2. The Balaban J connectivity index is 1.79. The third-order valence-corrected chi connectivity index (χ3v) is 3.40. The van der Waals surface area contributed by atoms with Crippen molar-refractivity contribution >= 4 is 11.8 Å². The topological polar surface area (TPSA) is 103 Å². The molecule has 0 aliphatic carbocycles. The van der Waals surface area contributed by atoms with Crippen LogP contribution >= 0.6 is 0 Å². The van der Waals surface area contributed by atoms with Gasteiger partial charge in [-0.2, -0.15) is 0 Å². The molecule has 2 rings (SSSR count). The summed E-state index contributed by atoms with van der Waals surface area (Å²) >= 11 is 0. The fraction of sp³-hybridized carbons (Fsp3) is 0.467. The first kappa shape index (κ1) is 16.1. The van der Waals surface area contributed by atoms with E-state index < -0.39 is 6.04 Å². The lowest BCUT2D eigenvalue weighted by Gasteiger charge is -2.15. The number of nitrogens with two attached hydrogens (primary N) is 1. The number of rotatable bonds is 6. The first-order valence-electron chi connectivity index (χ1n) is 7.16. The maximum Gasteiger partial charge on any atom is 0.239 e. The number of carbonyl (C=O) groups excluding carboxylic acids is 2. The highest BCUT2D eigenvalue weighted by Gasteiger charge is 2.19. The van der Waals surface area contributed by atoms with E-state index in [2.05, 4.69) is 10.6 Å². The molecule has 7 nitrogen and oxygen atoms in total. The van der Waals surface area contributed by atoms with Crippen molar-refractivity contribution < 1.29 is 19.1 Å².